The normalized spacial score (nSPS) is 10.6. The monoisotopic (exact) mass is 384 g/mol. The van der Waals surface area contributed by atoms with Gasteiger partial charge in [0, 0.05) is 13.7 Å². The third kappa shape index (κ3) is 4.81. The quantitative estimate of drug-likeness (QED) is 0.583. The van der Waals surface area contributed by atoms with E-state index in [9.17, 15) is 9.59 Å². The highest BCUT2D eigenvalue weighted by molar-refractivity contribution is 7.13. The Balaban J connectivity index is 1.79. The highest BCUT2D eigenvalue weighted by atomic mass is 32.1. The molecule has 0 aliphatic heterocycles. The van der Waals surface area contributed by atoms with Crippen LogP contribution in [0.15, 0.2) is 53.9 Å². The van der Waals surface area contributed by atoms with Crippen molar-refractivity contribution >= 4 is 23.2 Å². The maximum Gasteiger partial charge on any atom is 0.270 e. The van der Waals surface area contributed by atoms with E-state index < -0.39 is 0 Å². The Morgan fingerprint density at radius 3 is 2.67 bits per heavy atom. The Morgan fingerprint density at radius 2 is 1.96 bits per heavy atom. The lowest BCUT2D eigenvalue weighted by Crippen LogP contribution is -2.38. The van der Waals surface area contributed by atoms with Crippen LogP contribution >= 0.6 is 11.3 Å². The minimum absolute atomic E-state index is 0.114. The second-order valence-electron chi connectivity index (χ2n) is 5.66. The number of hydrogen-bond acceptors (Lipinski definition) is 5. The lowest BCUT2D eigenvalue weighted by atomic mass is 10.3. The summed E-state index contributed by atoms with van der Waals surface area (Å²) in [5.41, 5.74) is 1.85. The first-order valence-corrected chi connectivity index (χ1v) is 9.30. The topological polar surface area (TPSA) is 85.2 Å². The lowest BCUT2D eigenvalue weighted by molar-refractivity contribution is -0.120. The summed E-state index contributed by atoms with van der Waals surface area (Å²) in [5, 5.41) is 11.9. The number of amides is 2. The summed E-state index contributed by atoms with van der Waals surface area (Å²) in [6.45, 7) is 0.706. The molecule has 3 rings (SSSR count). The Kier molecular flexibility index (Phi) is 6.35. The van der Waals surface area contributed by atoms with E-state index in [1.807, 2.05) is 47.8 Å². The summed E-state index contributed by atoms with van der Waals surface area (Å²) >= 11 is 1.55. The van der Waals surface area contributed by atoms with Gasteiger partial charge in [0.15, 0.2) is 0 Å². The standard InChI is InChI=1S/C19H20N4O3S/c1-26-10-9-20-18(24)13-21-19(25)16-12-15(17-8-5-11-27-17)22-23(16)14-6-3-2-4-7-14/h2-8,11-12H,9-10,13H2,1H3,(H,20,24)(H,21,25). The molecule has 2 N–H and O–H groups in total. The summed E-state index contributed by atoms with van der Waals surface area (Å²) in [7, 11) is 1.56. The van der Waals surface area contributed by atoms with Crippen LogP contribution in [-0.2, 0) is 9.53 Å². The van der Waals surface area contributed by atoms with Gasteiger partial charge in [-0.15, -0.1) is 11.3 Å². The SMILES string of the molecule is COCCNC(=O)CNC(=O)c1cc(-c2cccs2)nn1-c1ccccc1. The molecule has 0 aliphatic rings. The molecule has 0 spiro atoms. The lowest BCUT2D eigenvalue weighted by Gasteiger charge is -2.08. The smallest absolute Gasteiger partial charge is 0.270 e. The molecular weight excluding hydrogens is 364 g/mol. The molecule has 0 aliphatic carbocycles. The molecular formula is C19H20N4O3S. The summed E-state index contributed by atoms with van der Waals surface area (Å²) in [6.07, 6.45) is 0. The second-order valence-corrected chi connectivity index (χ2v) is 6.61. The molecule has 0 radical (unpaired) electrons. The Morgan fingerprint density at radius 1 is 1.15 bits per heavy atom. The van der Waals surface area contributed by atoms with Crippen molar-refractivity contribution in [1.29, 1.82) is 0 Å². The number of carbonyl (C=O) groups is 2. The van der Waals surface area contributed by atoms with Gasteiger partial charge in [0.1, 0.15) is 11.4 Å². The first-order chi connectivity index (χ1) is 13.2. The molecule has 0 saturated heterocycles. The molecule has 0 unspecified atom stereocenters. The van der Waals surface area contributed by atoms with Crippen LogP contribution in [0.25, 0.3) is 16.3 Å². The Hall–Kier alpha value is -2.97. The van der Waals surface area contributed by atoms with Crippen molar-refractivity contribution in [3.05, 3.63) is 59.6 Å². The van der Waals surface area contributed by atoms with Gasteiger partial charge in [-0.2, -0.15) is 5.10 Å². The van der Waals surface area contributed by atoms with E-state index >= 15 is 0 Å². The molecule has 2 aromatic heterocycles. The van der Waals surface area contributed by atoms with Gasteiger partial charge in [-0.25, -0.2) is 4.68 Å². The predicted molar refractivity (Wildman–Crippen MR) is 104 cm³/mol. The molecule has 0 fully saturated rings. The highest BCUT2D eigenvalue weighted by Gasteiger charge is 2.18. The van der Waals surface area contributed by atoms with Crippen molar-refractivity contribution in [2.45, 2.75) is 0 Å². The minimum Gasteiger partial charge on any atom is -0.383 e. The maximum atomic E-state index is 12.7. The summed E-state index contributed by atoms with van der Waals surface area (Å²) in [6, 6.07) is 15.0. The van der Waals surface area contributed by atoms with E-state index in [-0.39, 0.29) is 18.4 Å². The molecule has 2 amide bonds. The van der Waals surface area contributed by atoms with Crippen molar-refractivity contribution in [1.82, 2.24) is 20.4 Å². The van der Waals surface area contributed by atoms with Gasteiger partial charge in [-0.3, -0.25) is 9.59 Å². The average molecular weight is 384 g/mol. The van der Waals surface area contributed by atoms with E-state index in [0.717, 1.165) is 10.6 Å². The highest BCUT2D eigenvalue weighted by Crippen LogP contribution is 2.25. The number of benzene rings is 1. The number of hydrogen-bond donors (Lipinski definition) is 2. The fraction of sp³-hybridized carbons (Fsp3) is 0.211. The largest absolute Gasteiger partial charge is 0.383 e. The zero-order chi connectivity index (χ0) is 19.1. The van der Waals surface area contributed by atoms with E-state index in [1.54, 1.807) is 29.2 Å². The van der Waals surface area contributed by atoms with Crippen LogP contribution in [-0.4, -0.2) is 48.4 Å². The van der Waals surface area contributed by atoms with Crippen LogP contribution in [0.1, 0.15) is 10.5 Å². The van der Waals surface area contributed by atoms with Gasteiger partial charge < -0.3 is 15.4 Å². The van der Waals surface area contributed by atoms with E-state index in [1.165, 1.54) is 0 Å². The van der Waals surface area contributed by atoms with Gasteiger partial charge in [0.25, 0.3) is 5.91 Å². The van der Waals surface area contributed by atoms with Crippen molar-refractivity contribution in [3.63, 3.8) is 0 Å². The second kappa shape index (κ2) is 9.11. The maximum absolute atomic E-state index is 12.7. The Bertz CT molecular complexity index is 891. The molecule has 0 bridgehead atoms. The zero-order valence-corrected chi connectivity index (χ0v) is 15.7. The number of rotatable bonds is 8. The molecule has 8 heteroatoms. The molecule has 27 heavy (non-hydrogen) atoms. The summed E-state index contributed by atoms with van der Waals surface area (Å²) < 4.78 is 6.47. The van der Waals surface area contributed by atoms with E-state index in [2.05, 4.69) is 15.7 Å². The number of carbonyl (C=O) groups excluding carboxylic acids is 2. The average Bonchev–Trinajstić information content (AvgIpc) is 3.36. The van der Waals surface area contributed by atoms with Crippen LogP contribution in [0, 0.1) is 0 Å². The first-order valence-electron chi connectivity index (χ1n) is 8.42. The summed E-state index contributed by atoms with van der Waals surface area (Å²) in [4.78, 5) is 25.4. The molecule has 2 heterocycles. The molecule has 140 valence electrons. The first kappa shape index (κ1) is 18.8. The Labute approximate surface area is 161 Å². The number of nitrogens with zero attached hydrogens (tertiary/aromatic N) is 2. The molecule has 0 saturated carbocycles. The van der Waals surface area contributed by atoms with Crippen LogP contribution in [0.2, 0.25) is 0 Å². The van der Waals surface area contributed by atoms with Crippen molar-refractivity contribution in [2.24, 2.45) is 0 Å². The van der Waals surface area contributed by atoms with Gasteiger partial charge in [-0.05, 0) is 29.6 Å². The van der Waals surface area contributed by atoms with Crippen LogP contribution in [0.4, 0.5) is 0 Å². The van der Waals surface area contributed by atoms with Crippen molar-refractivity contribution < 1.29 is 14.3 Å². The summed E-state index contributed by atoms with van der Waals surface area (Å²) in [5.74, 6) is -0.638. The molecule has 1 aromatic carbocycles. The van der Waals surface area contributed by atoms with E-state index in [0.29, 0.717) is 24.5 Å². The fourth-order valence-corrected chi connectivity index (χ4v) is 3.14. The van der Waals surface area contributed by atoms with E-state index in [4.69, 9.17) is 4.74 Å². The molecule has 3 aromatic rings. The minimum atomic E-state index is -0.365. The van der Waals surface area contributed by atoms with Crippen molar-refractivity contribution in [2.75, 3.05) is 26.8 Å². The number of aromatic nitrogens is 2. The van der Waals surface area contributed by atoms with Gasteiger partial charge in [0.2, 0.25) is 5.91 Å². The zero-order valence-electron chi connectivity index (χ0n) is 14.8. The van der Waals surface area contributed by atoms with Crippen LogP contribution in [0.3, 0.4) is 0 Å². The molecule has 0 atom stereocenters. The van der Waals surface area contributed by atoms with Crippen LogP contribution < -0.4 is 10.6 Å². The number of thiophene rings is 1. The number of ether oxygens (including phenoxy) is 1. The molecule has 7 nitrogen and oxygen atoms in total. The van der Waals surface area contributed by atoms with Gasteiger partial charge in [0.05, 0.1) is 23.7 Å². The van der Waals surface area contributed by atoms with Crippen molar-refractivity contribution in [3.8, 4) is 16.3 Å². The van der Waals surface area contributed by atoms with Gasteiger partial charge >= 0.3 is 0 Å². The number of nitrogens with one attached hydrogen (secondary N) is 2. The number of para-hydroxylation sites is 1. The predicted octanol–water partition coefficient (Wildman–Crippen LogP) is 2.09. The third-order valence-corrected chi connectivity index (χ3v) is 4.65. The number of methoxy groups -OCH3 is 1. The van der Waals surface area contributed by atoms with Crippen LogP contribution in [0.5, 0.6) is 0 Å². The fourth-order valence-electron chi connectivity index (χ4n) is 2.46. The van der Waals surface area contributed by atoms with Gasteiger partial charge in [-0.1, -0.05) is 24.3 Å². The third-order valence-electron chi connectivity index (χ3n) is 3.75.